The minimum atomic E-state index is -0.381. The van der Waals surface area contributed by atoms with Crippen molar-refractivity contribution < 1.29 is 9.47 Å². The van der Waals surface area contributed by atoms with Crippen molar-refractivity contribution in [2.24, 2.45) is 0 Å². The maximum Gasteiger partial charge on any atom is 0.247 e. The van der Waals surface area contributed by atoms with Gasteiger partial charge in [-0.2, -0.15) is 10.1 Å². The maximum atomic E-state index is 5.82. The van der Waals surface area contributed by atoms with Crippen LogP contribution in [0.4, 0.5) is 17.5 Å². The first-order valence-electron chi connectivity index (χ1n) is 10.5. The minimum Gasteiger partial charge on any atom is -0.368 e. The van der Waals surface area contributed by atoms with E-state index in [9.17, 15) is 0 Å². The summed E-state index contributed by atoms with van der Waals surface area (Å²) in [5.41, 5.74) is 2.59. The van der Waals surface area contributed by atoms with Crippen LogP contribution < -0.4 is 14.7 Å². The monoisotopic (exact) mass is 396 g/mol. The number of anilines is 3. The Bertz CT molecular complexity index is 839. The highest BCUT2D eigenvalue weighted by atomic mass is 16.7. The molecule has 0 N–H and O–H groups in total. The first kappa shape index (κ1) is 18.6. The summed E-state index contributed by atoms with van der Waals surface area (Å²) in [7, 11) is 0. The van der Waals surface area contributed by atoms with Crippen molar-refractivity contribution in [3.05, 3.63) is 36.0 Å². The highest BCUT2D eigenvalue weighted by molar-refractivity contribution is 5.51. The molecule has 8 nitrogen and oxygen atoms in total. The lowest BCUT2D eigenvalue weighted by atomic mass is 10.0. The number of piperazine rings is 1. The van der Waals surface area contributed by atoms with E-state index in [0.717, 1.165) is 57.9 Å². The molecule has 0 atom stereocenters. The second kappa shape index (κ2) is 7.76. The van der Waals surface area contributed by atoms with Crippen LogP contribution in [0, 0.1) is 6.92 Å². The van der Waals surface area contributed by atoms with E-state index in [4.69, 9.17) is 14.5 Å². The van der Waals surface area contributed by atoms with Crippen molar-refractivity contribution in [2.45, 2.75) is 25.6 Å². The molecule has 1 aromatic carbocycles. The number of piperidine rings is 1. The first-order valence-corrected chi connectivity index (χ1v) is 10.5. The van der Waals surface area contributed by atoms with E-state index in [0.29, 0.717) is 19.2 Å². The Balaban J connectivity index is 1.22. The molecule has 0 saturated carbocycles. The van der Waals surface area contributed by atoms with Crippen molar-refractivity contribution in [1.82, 2.24) is 15.2 Å². The Hall–Kier alpha value is -2.45. The molecular weight excluding hydrogens is 368 g/mol. The third-order valence-electron chi connectivity index (χ3n) is 6.13. The lowest BCUT2D eigenvalue weighted by Gasteiger charge is -2.38. The number of rotatable bonds is 3. The molecule has 3 aliphatic heterocycles. The average molecular weight is 396 g/mol. The number of hydrogen-bond donors (Lipinski definition) is 0. The Morgan fingerprint density at radius 1 is 0.897 bits per heavy atom. The van der Waals surface area contributed by atoms with Crippen LogP contribution in [0.1, 0.15) is 18.4 Å². The zero-order valence-electron chi connectivity index (χ0n) is 17.0. The quantitative estimate of drug-likeness (QED) is 0.779. The van der Waals surface area contributed by atoms with Crippen LogP contribution in [0.2, 0.25) is 0 Å². The number of ether oxygens (including phenoxy) is 2. The van der Waals surface area contributed by atoms with Gasteiger partial charge in [-0.1, -0.05) is 12.1 Å². The fourth-order valence-electron chi connectivity index (χ4n) is 4.42. The Morgan fingerprint density at radius 2 is 1.62 bits per heavy atom. The van der Waals surface area contributed by atoms with Crippen LogP contribution in [0.5, 0.6) is 0 Å². The molecule has 5 rings (SSSR count). The molecule has 3 fully saturated rings. The molecule has 2 aromatic rings. The number of hydrogen-bond acceptors (Lipinski definition) is 8. The first-order chi connectivity index (χ1) is 14.2. The lowest BCUT2D eigenvalue weighted by molar-refractivity contribution is -0.169. The van der Waals surface area contributed by atoms with Gasteiger partial charge in [0.15, 0.2) is 11.6 Å². The summed E-state index contributed by atoms with van der Waals surface area (Å²) in [4.78, 5) is 11.8. The van der Waals surface area contributed by atoms with E-state index in [1.807, 2.05) is 0 Å². The smallest absolute Gasteiger partial charge is 0.247 e. The number of nitrogens with zero attached hydrogens (tertiary/aromatic N) is 6. The van der Waals surface area contributed by atoms with Gasteiger partial charge < -0.3 is 24.2 Å². The summed E-state index contributed by atoms with van der Waals surface area (Å²) in [5.74, 6) is 1.23. The van der Waals surface area contributed by atoms with Crippen LogP contribution in [-0.2, 0) is 9.47 Å². The molecule has 3 aliphatic rings. The second-order valence-electron chi connectivity index (χ2n) is 8.02. The second-order valence-corrected chi connectivity index (χ2v) is 8.02. The van der Waals surface area contributed by atoms with Gasteiger partial charge in [0.2, 0.25) is 5.95 Å². The summed E-state index contributed by atoms with van der Waals surface area (Å²) in [6.45, 7) is 8.99. The third kappa shape index (κ3) is 3.86. The largest absolute Gasteiger partial charge is 0.368 e. The molecule has 0 aliphatic carbocycles. The standard InChI is InChI=1S/C21H28N6O2/c1-17-3-2-4-18(15-17)25-9-11-26(12-10-25)19-16-22-24-20(23-19)27-7-5-21(6-8-27)28-13-14-29-21/h2-4,15-16H,5-14H2,1H3. The molecule has 0 amide bonds. The molecule has 4 heterocycles. The van der Waals surface area contributed by atoms with Crippen LogP contribution >= 0.6 is 0 Å². The van der Waals surface area contributed by atoms with E-state index >= 15 is 0 Å². The average Bonchev–Trinajstić information content (AvgIpc) is 3.22. The third-order valence-corrected chi connectivity index (χ3v) is 6.13. The molecule has 0 radical (unpaired) electrons. The van der Waals surface area contributed by atoms with E-state index < -0.39 is 0 Å². The fraction of sp³-hybridized carbons (Fsp3) is 0.571. The van der Waals surface area contributed by atoms with Gasteiger partial charge in [0.25, 0.3) is 0 Å². The lowest BCUT2D eigenvalue weighted by Crippen LogP contribution is -2.47. The van der Waals surface area contributed by atoms with Gasteiger partial charge in [0.1, 0.15) is 0 Å². The molecule has 8 heteroatoms. The normalized spacial score (nSPS) is 21.8. The molecule has 3 saturated heterocycles. The van der Waals surface area contributed by atoms with Crippen LogP contribution in [0.3, 0.4) is 0 Å². The van der Waals surface area contributed by atoms with Crippen LogP contribution in [0.25, 0.3) is 0 Å². The summed E-state index contributed by atoms with van der Waals surface area (Å²) < 4.78 is 11.6. The van der Waals surface area contributed by atoms with Gasteiger partial charge in [-0.05, 0) is 24.6 Å². The van der Waals surface area contributed by atoms with Gasteiger partial charge in [0.05, 0.1) is 19.4 Å². The molecule has 154 valence electrons. The zero-order chi connectivity index (χ0) is 19.7. The summed E-state index contributed by atoms with van der Waals surface area (Å²) in [5, 5.41) is 8.53. The molecular formula is C21H28N6O2. The van der Waals surface area contributed by atoms with Crippen molar-refractivity contribution in [3.8, 4) is 0 Å². The van der Waals surface area contributed by atoms with Crippen molar-refractivity contribution in [1.29, 1.82) is 0 Å². The van der Waals surface area contributed by atoms with Gasteiger partial charge in [-0.3, -0.25) is 0 Å². The highest BCUT2D eigenvalue weighted by Crippen LogP contribution is 2.32. The predicted octanol–water partition coefficient (Wildman–Crippen LogP) is 1.85. The molecule has 29 heavy (non-hydrogen) atoms. The van der Waals surface area contributed by atoms with Gasteiger partial charge >= 0.3 is 0 Å². The van der Waals surface area contributed by atoms with E-state index in [2.05, 4.69) is 56.1 Å². The topological polar surface area (TPSA) is 66.9 Å². The van der Waals surface area contributed by atoms with Gasteiger partial charge in [-0.25, -0.2) is 0 Å². The van der Waals surface area contributed by atoms with E-state index in [1.165, 1.54) is 11.3 Å². The number of benzene rings is 1. The minimum absolute atomic E-state index is 0.381. The predicted molar refractivity (Wildman–Crippen MR) is 112 cm³/mol. The molecule has 0 bridgehead atoms. The number of aryl methyl sites for hydroxylation is 1. The Labute approximate surface area is 171 Å². The molecule has 1 spiro atoms. The maximum absolute atomic E-state index is 5.82. The summed E-state index contributed by atoms with van der Waals surface area (Å²) in [6, 6.07) is 8.71. The van der Waals surface area contributed by atoms with Crippen molar-refractivity contribution in [3.63, 3.8) is 0 Å². The highest BCUT2D eigenvalue weighted by Gasteiger charge is 2.40. The fourth-order valence-corrected chi connectivity index (χ4v) is 4.42. The van der Waals surface area contributed by atoms with Gasteiger partial charge in [0, 0.05) is 57.8 Å². The van der Waals surface area contributed by atoms with Crippen LogP contribution in [-0.4, -0.2) is 73.5 Å². The van der Waals surface area contributed by atoms with Gasteiger partial charge in [-0.15, -0.1) is 5.10 Å². The SMILES string of the molecule is Cc1cccc(N2CCN(c3cnnc(N4CCC5(CC4)OCCO5)n3)CC2)c1. The van der Waals surface area contributed by atoms with Crippen molar-refractivity contribution >= 4 is 17.5 Å². The Kier molecular flexibility index (Phi) is 4.97. The zero-order valence-corrected chi connectivity index (χ0v) is 17.0. The summed E-state index contributed by atoms with van der Waals surface area (Å²) >= 11 is 0. The van der Waals surface area contributed by atoms with Crippen molar-refractivity contribution in [2.75, 3.05) is 67.2 Å². The Morgan fingerprint density at radius 3 is 2.34 bits per heavy atom. The van der Waals surface area contributed by atoms with E-state index in [-0.39, 0.29) is 5.79 Å². The van der Waals surface area contributed by atoms with Crippen LogP contribution in [0.15, 0.2) is 30.5 Å². The summed E-state index contributed by atoms with van der Waals surface area (Å²) in [6.07, 6.45) is 3.46. The van der Waals surface area contributed by atoms with E-state index in [1.54, 1.807) is 6.20 Å². The molecule has 1 aromatic heterocycles. The number of aromatic nitrogens is 3. The molecule has 0 unspecified atom stereocenters.